The van der Waals surface area contributed by atoms with Crippen molar-refractivity contribution < 1.29 is 38.4 Å². The van der Waals surface area contributed by atoms with Crippen LogP contribution < -0.4 is 0 Å². The molecule has 9 nitrogen and oxygen atoms in total. The van der Waals surface area contributed by atoms with E-state index in [4.69, 9.17) is 14.2 Å². The molecule has 1 N–H and O–H groups in total. The van der Waals surface area contributed by atoms with Crippen LogP contribution in [0.4, 0.5) is 0 Å². The van der Waals surface area contributed by atoms with Crippen molar-refractivity contribution in [3.63, 3.8) is 0 Å². The second-order valence-corrected chi connectivity index (χ2v) is 5.46. The molecule has 9 heteroatoms. The average Bonchev–Trinajstić information content (AvgIpc) is 2.63. The first kappa shape index (κ1) is 23.0. The number of hydrogen-bond donors (Lipinski definition) is 1. The third kappa shape index (κ3) is 8.62. The van der Waals surface area contributed by atoms with Gasteiger partial charge in [-0.3, -0.25) is 4.79 Å². The lowest BCUT2D eigenvalue weighted by molar-refractivity contribution is -0.154. The topological polar surface area (TPSA) is 112 Å². The molecule has 1 unspecified atom stereocenters. The molecule has 0 fully saturated rings. The summed E-state index contributed by atoms with van der Waals surface area (Å²) in [4.78, 5) is 36.7. The van der Waals surface area contributed by atoms with E-state index in [1.54, 1.807) is 0 Å². The summed E-state index contributed by atoms with van der Waals surface area (Å²) in [5.41, 5.74) is -1.32. The van der Waals surface area contributed by atoms with Gasteiger partial charge in [0.15, 0.2) is 0 Å². The van der Waals surface area contributed by atoms with Gasteiger partial charge in [-0.15, -0.1) is 0 Å². The van der Waals surface area contributed by atoms with Gasteiger partial charge >= 0.3 is 11.9 Å². The number of carbonyl (C=O) groups excluding carboxylic acids is 3. The number of hydrogen-bond acceptors (Lipinski definition) is 8. The summed E-state index contributed by atoms with van der Waals surface area (Å²) in [5.74, 6) is -1.92. The van der Waals surface area contributed by atoms with Crippen LogP contribution in [0.5, 0.6) is 0 Å². The molecule has 0 saturated carbocycles. The molecule has 0 saturated heterocycles. The number of aliphatic hydroxyl groups is 1. The number of esters is 2. The minimum atomic E-state index is -1.32. The zero-order valence-corrected chi connectivity index (χ0v) is 15.1. The predicted molar refractivity (Wildman–Crippen MR) is 87.6 cm³/mol. The molecule has 144 valence electrons. The summed E-state index contributed by atoms with van der Waals surface area (Å²) >= 11 is 0. The maximum absolute atomic E-state index is 12.7. The Balaban J connectivity index is 4.89. The molecular weight excluding hydrogens is 334 g/mol. The van der Waals surface area contributed by atoms with Crippen LogP contribution in [0.3, 0.4) is 0 Å². The number of nitrogens with zero attached hydrogens (tertiary/aromatic N) is 1. The first-order valence-electron chi connectivity index (χ1n) is 7.65. The molecule has 0 aromatic heterocycles. The summed E-state index contributed by atoms with van der Waals surface area (Å²) in [5, 5.41) is 9.63. The lowest BCUT2D eigenvalue weighted by atomic mass is 9.91. The molecule has 0 bridgehead atoms. The van der Waals surface area contributed by atoms with Crippen LogP contribution in [0.2, 0.25) is 0 Å². The largest absolute Gasteiger partial charge is 0.466 e. The van der Waals surface area contributed by atoms with Crippen molar-refractivity contribution >= 4 is 17.8 Å². The van der Waals surface area contributed by atoms with Crippen LogP contribution in [-0.4, -0.2) is 88.7 Å². The lowest BCUT2D eigenvalue weighted by Crippen LogP contribution is -2.49. The van der Waals surface area contributed by atoms with Crippen LogP contribution in [0.1, 0.15) is 6.92 Å². The van der Waals surface area contributed by atoms with E-state index in [1.807, 2.05) is 0 Å². The van der Waals surface area contributed by atoms with E-state index in [2.05, 4.69) is 4.74 Å². The zero-order chi connectivity index (χ0) is 19.3. The van der Waals surface area contributed by atoms with Crippen LogP contribution in [-0.2, 0) is 33.3 Å². The Bertz CT molecular complexity index is 457. The van der Waals surface area contributed by atoms with E-state index in [0.717, 1.165) is 12.2 Å². The van der Waals surface area contributed by atoms with Crippen molar-refractivity contribution in [2.24, 2.45) is 5.41 Å². The molecule has 0 aliphatic rings. The molecule has 0 rings (SSSR count). The van der Waals surface area contributed by atoms with Crippen molar-refractivity contribution in [2.45, 2.75) is 6.92 Å². The SMILES string of the molecule is COCCN(CCOC)C(=O)C(C)(CO)COC(=O)/C=C/C(=O)OC. The normalized spacial score (nSPS) is 13.3. The summed E-state index contributed by atoms with van der Waals surface area (Å²) < 4.78 is 19.3. The highest BCUT2D eigenvalue weighted by molar-refractivity contribution is 5.91. The number of rotatable bonds is 12. The minimum Gasteiger partial charge on any atom is -0.466 e. The molecule has 25 heavy (non-hydrogen) atoms. The van der Waals surface area contributed by atoms with Crippen molar-refractivity contribution in [3.05, 3.63) is 12.2 Å². The number of carbonyl (C=O) groups is 3. The maximum atomic E-state index is 12.7. The van der Waals surface area contributed by atoms with Gasteiger partial charge in [0.05, 0.1) is 26.9 Å². The highest BCUT2D eigenvalue weighted by atomic mass is 16.5. The van der Waals surface area contributed by atoms with E-state index in [1.165, 1.54) is 33.2 Å². The molecule has 0 aromatic carbocycles. The van der Waals surface area contributed by atoms with Gasteiger partial charge < -0.3 is 29.0 Å². The smallest absolute Gasteiger partial charge is 0.331 e. The van der Waals surface area contributed by atoms with Crippen molar-refractivity contribution in [3.8, 4) is 0 Å². The Kier molecular flexibility index (Phi) is 11.4. The van der Waals surface area contributed by atoms with E-state index in [-0.39, 0.29) is 6.61 Å². The molecule has 0 aliphatic carbocycles. The molecular formula is C16H27NO8. The van der Waals surface area contributed by atoms with Crippen LogP contribution in [0.15, 0.2) is 12.2 Å². The number of amides is 1. The third-order valence-electron chi connectivity index (χ3n) is 3.37. The van der Waals surface area contributed by atoms with Gasteiger partial charge in [0.25, 0.3) is 0 Å². The maximum Gasteiger partial charge on any atom is 0.331 e. The van der Waals surface area contributed by atoms with E-state index >= 15 is 0 Å². The third-order valence-corrected chi connectivity index (χ3v) is 3.37. The minimum absolute atomic E-state index is 0.310. The van der Waals surface area contributed by atoms with Crippen LogP contribution in [0, 0.1) is 5.41 Å². The van der Waals surface area contributed by atoms with Crippen molar-refractivity contribution in [1.82, 2.24) is 4.90 Å². The summed E-state index contributed by atoms with van der Waals surface area (Å²) in [7, 11) is 4.20. The number of aliphatic hydroxyl groups excluding tert-OH is 1. The second-order valence-electron chi connectivity index (χ2n) is 5.46. The fourth-order valence-corrected chi connectivity index (χ4v) is 1.76. The molecule has 0 radical (unpaired) electrons. The van der Waals surface area contributed by atoms with Crippen LogP contribution in [0.25, 0.3) is 0 Å². The van der Waals surface area contributed by atoms with Gasteiger partial charge in [-0.05, 0) is 6.92 Å². The lowest BCUT2D eigenvalue weighted by Gasteiger charge is -2.32. The second kappa shape index (κ2) is 12.4. The Morgan fingerprint density at radius 1 is 1.00 bits per heavy atom. The fourth-order valence-electron chi connectivity index (χ4n) is 1.76. The molecule has 1 atom stereocenters. The zero-order valence-electron chi connectivity index (χ0n) is 15.1. The Morgan fingerprint density at radius 3 is 1.96 bits per heavy atom. The van der Waals surface area contributed by atoms with Crippen molar-refractivity contribution in [2.75, 3.05) is 60.8 Å². The van der Waals surface area contributed by atoms with Gasteiger partial charge in [-0.25, -0.2) is 9.59 Å². The Labute approximate surface area is 147 Å². The molecule has 0 aliphatic heterocycles. The molecule has 0 heterocycles. The highest BCUT2D eigenvalue weighted by Gasteiger charge is 2.37. The quantitative estimate of drug-likeness (QED) is 0.362. The molecule has 1 amide bonds. The summed E-state index contributed by atoms with van der Waals surface area (Å²) in [6.45, 7) is 1.88. The first-order chi connectivity index (χ1) is 11.8. The van der Waals surface area contributed by atoms with Crippen LogP contribution >= 0.6 is 0 Å². The van der Waals surface area contributed by atoms with E-state index in [9.17, 15) is 19.5 Å². The number of methoxy groups -OCH3 is 3. The van der Waals surface area contributed by atoms with Crippen molar-refractivity contribution in [1.29, 1.82) is 0 Å². The first-order valence-corrected chi connectivity index (χ1v) is 7.65. The van der Waals surface area contributed by atoms with Gasteiger partial charge in [0.2, 0.25) is 5.91 Å². The van der Waals surface area contributed by atoms with Gasteiger partial charge in [0.1, 0.15) is 12.0 Å². The average molecular weight is 361 g/mol. The van der Waals surface area contributed by atoms with Gasteiger partial charge in [-0.2, -0.15) is 0 Å². The van der Waals surface area contributed by atoms with Gasteiger partial charge in [-0.1, -0.05) is 0 Å². The molecule has 0 spiro atoms. The standard InChI is InChI=1S/C16H27NO8/c1-16(11-18,12-25-14(20)6-5-13(19)24-4)15(21)17(7-9-22-2)8-10-23-3/h5-6,18H,7-12H2,1-4H3/b6-5+. The Morgan fingerprint density at radius 2 is 1.52 bits per heavy atom. The predicted octanol–water partition coefficient (Wildman–Crippen LogP) is -0.621. The Hall–Kier alpha value is -1.97. The monoisotopic (exact) mass is 361 g/mol. The fraction of sp³-hybridized carbons (Fsp3) is 0.688. The van der Waals surface area contributed by atoms with E-state index in [0.29, 0.717) is 26.3 Å². The summed E-state index contributed by atoms with van der Waals surface area (Å²) in [6.07, 6.45) is 1.80. The highest BCUT2D eigenvalue weighted by Crippen LogP contribution is 2.20. The number of ether oxygens (including phenoxy) is 4. The van der Waals surface area contributed by atoms with E-state index < -0.39 is 29.9 Å². The molecule has 0 aromatic rings. The summed E-state index contributed by atoms with van der Waals surface area (Å²) in [6, 6.07) is 0. The van der Waals surface area contributed by atoms with Gasteiger partial charge in [0, 0.05) is 39.5 Å².